The van der Waals surface area contributed by atoms with Crippen LogP contribution in [0.25, 0.3) is 0 Å². The van der Waals surface area contributed by atoms with Crippen LogP contribution in [0.15, 0.2) is 48.5 Å². The summed E-state index contributed by atoms with van der Waals surface area (Å²) < 4.78 is 32.1. The van der Waals surface area contributed by atoms with Crippen molar-refractivity contribution >= 4 is 27.5 Å². The fourth-order valence-corrected chi connectivity index (χ4v) is 5.37. The zero-order valence-corrected chi connectivity index (χ0v) is 22.4. The smallest absolute Gasteiger partial charge is 0.244 e. The van der Waals surface area contributed by atoms with Gasteiger partial charge in [0.2, 0.25) is 21.8 Å². The van der Waals surface area contributed by atoms with Gasteiger partial charge in [-0.3, -0.25) is 13.9 Å². The van der Waals surface area contributed by atoms with Crippen molar-refractivity contribution in [3.63, 3.8) is 0 Å². The SMILES string of the molecule is COc1ccc(C)cc1N(CC(=O)N(Cc1ccccc1)[C@@H](C)C(=O)NC1CCCCC1)S(C)(=O)=O. The molecule has 0 bridgehead atoms. The minimum Gasteiger partial charge on any atom is -0.495 e. The van der Waals surface area contributed by atoms with Gasteiger partial charge >= 0.3 is 0 Å². The van der Waals surface area contributed by atoms with Gasteiger partial charge in [-0.15, -0.1) is 0 Å². The second-order valence-electron chi connectivity index (χ2n) is 9.47. The van der Waals surface area contributed by atoms with Crippen molar-refractivity contribution in [2.45, 2.75) is 64.6 Å². The van der Waals surface area contributed by atoms with Crippen LogP contribution in [-0.2, 0) is 26.2 Å². The molecule has 0 aromatic heterocycles. The molecule has 1 fully saturated rings. The van der Waals surface area contributed by atoms with Crippen molar-refractivity contribution in [3.8, 4) is 5.75 Å². The quantitative estimate of drug-likeness (QED) is 0.521. The Morgan fingerprint density at radius 1 is 1.08 bits per heavy atom. The summed E-state index contributed by atoms with van der Waals surface area (Å²) in [7, 11) is -2.38. The number of ether oxygens (including phenoxy) is 1. The van der Waals surface area contributed by atoms with E-state index in [4.69, 9.17) is 4.74 Å². The molecule has 1 saturated carbocycles. The first kappa shape index (κ1) is 27.5. The molecule has 0 radical (unpaired) electrons. The predicted molar refractivity (Wildman–Crippen MR) is 141 cm³/mol. The summed E-state index contributed by atoms with van der Waals surface area (Å²) in [6.07, 6.45) is 6.24. The highest BCUT2D eigenvalue weighted by molar-refractivity contribution is 7.92. The van der Waals surface area contributed by atoms with E-state index in [9.17, 15) is 18.0 Å². The number of hydrogen-bond donors (Lipinski definition) is 1. The van der Waals surface area contributed by atoms with Gasteiger partial charge in [0.25, 0.3) is 0 Å². The molecule has 1 N–H and O–H groups in total. The monoisotopic (exact) mass is 515 g/mol. The summed E-state index contributed by atoms with van der Waals surface area (Å²) in [5.41, 5.74) is 1.96. The number of benzene rings is 2. The van der Waals surface area contributed by atoms with Crippen molar-refractivity contribution < 1.29 is 22.7 Å². The zero-order chi connectivity index (χ0) is 26.3. The van der Waals surface area contributed by atoms with Crippen LogP contribution in [0, 0.1) is 6.92 Å². The Hall–Kier alpha value is -3.07. The third-order valence-corrected chi connectivity index (χ3v) is 7.72. The molecule has 8 nitrogen and oxygen atoms in total. The highest BCUT2D eigenvalue weighted by Gasteiger charge is 2.32. The second kappa shape index (κ2) is 12.3. The average molecular weight is 516 g/mol. The lowest BCUT2D eigenvalue weighted by Gasteiger charge is -2.33. The molecule has 1 atom stereocenters. The number of anilines is 1. The van der Waals surface area contributed by atoms with Gasteiger partial charge in [0.15, 0.2) is 0 Å². The van der Waals surface area contributed by atoms with Crippen LogP contribution in [-0.4, -0.2) is 57.1 Å². The first-order valence-corrected chi connectivity index (χ1v) is 14.2. The number of hydrogen-bond acceptors (Lipinski definition) is 5. The maximum absolute atomic E-state index is 13.7. The number of aryl methyl sites for hydroxylation is 1. The zero-order valence-electron chi connectivity index (χ0n) is 21.6. The fourth-order valence-electron chi connectivity index (χ4n) is 4.52. The molecule has 3 rings (SSSR count). The number of sulfonamides is 1. The molecule has 0 saturated heterocycles. The number of rotatable bonds is 10. The van der Waals surface area contributed by atoms with E-state index < -0.39 is 28.5 Å². The first-order chi connectivity index (χ1) is 17.1. The minimum atomic E-state index is -3.83. The molecule has 9 heteroatoms. The summed E-state index contributed by atoms with van der Waals surface area (Å²) in [4.78, 5) is 28.3. The third-order valence-electron chi connectivity index (χ3n) is 6.60. The van der Waals surface area contributed by atoms with Crippen molar-refractivity contribution in [2.75, 3.05) is 24.2 Å². The lowest BCUT2D eigenvalue weighted by molar-refractivity contribution is -0.139. The molecule has 0 heterocycles. The minimum absolute atomic E-state index is 0.103. The fraction of sp³-hybridized carbons (Fsp3) is 0.481. The Morgan fingerprint density at radius 3 is 2.36 bits per heavy atom. The topological polar surface area (TPSA) is 96.0 Å². The van der Waals surface area contributed by atoms with E-state index in [1.54, 1.807) is 19.1 Å². The van der Waals surface area contributed by atoms with Crippen LogP contribution in [0.5, 0.6) is 5.75 Å². The number of carbonyl (C=O) groups excluding carboxylic acids is 2. The summed E-state index contributed by atoms with van der Waals surface area (Å²) >= 11 is 0. The molecule has 2 amide bonds. The largest absolute Gasteiger partial charge is 0.495 e. The number of carbonyl (C=O) groups is 2. The molecule has 1 aliphatic rings. The standard InChI is InChI=1S/C27H37N3O5S/c1-20-15-16-25(35-3)24(17-20)30(36(4,33)34)19-26(31)29(18-22-11-7-5-8-12-22)21(2)27(32)28-23-13-9-6-10-14-23/h5,7-8,11-12,15-17,21,23H,6,9-10,13-14,18-19H2,1-4H3,(H,28,32)/t21-/m0/s1. The predicted octanol–water partition coefficient (Wildman–Crippen LogP) is 3.64. The summed E-state index contributed by atoms with van der Waals surface area (Å²) in [6, 6.07) is 13.9. The third kappa shape index (κ3) is 7.22. The molecule has 0 spiro atoms. The summed E-state index contributed by atoms with van der Waals surface area (Å²) in [5, 5.41) is 3.10. The molecule has 1 aliphatic carbocycles. The van der Waals surface area contributed by atoms with Gasteiger partial charge in [-0.25, -0.2) is 8.42 Å². The molecular formula is C27H37N3O5S. The molecule has 196 valence electrons. The van der Waals surface area contributed by atoms with Gasteiger partial charge in [0.05, 0.1) is 19.1 Å². The Labute approximate surface area is 214 Å². The van der Waals surface area contributed by atoms with Crippen molar-refractivity contribution in [2.24, 2.45) is 0 Å². The van der Waals surface area contributed by atoms with Crippen LogP contribution in [0.4, 0.5) is 5.69 Å². The molecule has 36 heavy (non-hydrogen) atoms. The summed E-state index contributed by atoms with van der Waals surface area (Å²) in [6.45, 7) is 3.26. The maximum atomic E-state index is 13.7. The summed E-state index contributed by atoms with van der Waals surface area (Å²) in [5.74, 6) is -0.360. The highest BCUT2D eigenvalue weighted by atomic mass is 32.2. The normalized spacial score (nSPS) is 15.1. The number of nitrogens with zero attached hydrogens (tertiary/aromatic N) is 2. The number of amides is 2. The van der Waals surface area contributed by atoms with Crippen molar-refractivity contribution in [3.05, 3.63) is 59.7 Å². The van der Waals surface area contributed by atoms with E-state index in [-0.39, 0.29) is 24.2 Å². The van der Waals surface area contributed by atoms with Gasteiger partial charge in [0, 0.05) is 12.6 Å². The van der Waals surface area contributed by atoms with Gasteiger partial charge < -0.3 is 15.0 Å². The van der Waals surface area contributed by atoms with Crippen molar-refractivity contribution in [1.29, 1.82) is 0 Å². The maximum Gasteiger partial charge on any atom is 0.244 e. The van der Waals surface area contributed by atoms with Crippen molar-refractivity contribution in [1.82, 2.24) is 10.2 Å². The molecule has 0 aliphatic heterocycles. The van der Waals surface area contributed by atoms with Crippen LogP contribution in [0.2, 0.25) is 0 Å². The van der Waals surface area contributed by atoms with Gasteiger partial charge in [-0.2, -0.15) is 0 Å². The van der Waals surface area contributed by atoms with Gasteiger partial charge in [0.1, 0.15) is 18.3 Å². The molecular weight excluding hydrogens is 478 g/mol. The average Bonchev–Trinajstić information content (AvgIpc) is 2.85. The Morgan fingerprint density at radius 2 is 1.75 bits per heavy atom. The van der Waals surface area contributed by atoms with E-state index >= 15 is 0 Å². The lowest BCUT2D eigenvalue weighted by Crippen LogP contribution is -2.53. The molecule has 0 unspecified atom stereocenters. The van der Waals surface area contributed by atoms with E-state index in [2.05, 4.69) is 5.32 Å². The van der Waals surface area contributed by atoms with E-state index in [1.807, 2.05) is 43.3 Å². The Kier molecular flexibility index (Phi) is 9.37. The molecule has 2 aromatic carbocycles. The molecule has 2 aromatic rings. The van der Waals surface area contributed by atoms with E-state index in [0.29, 0.717) is 5.75 Å². The van der Waals surface area contributed by atoms with Gasteiger partial charge in [-0.05, 0) is 49.9 Å². The van der Waals surface area contributed by atoms with Crippen LogP contribution in [0.3, 0.4) is 0 Å². The van der Waals surface area contributed by atoms with Gasteiger partial charge in [-0.1, -0.05) is 55.7 Å². The second-order valence-corrected chi connectivity index (χ2v) is 11.4. The first-order valence-electron chi connectivity index (χ1n) is 12.4. The lowest BCUT2D eigenvalue weighted by atomic mass is 9.95. The number of methoxy groups -OCH3 is 1. The van der Waals surface area contributed by atoms with E-state index in [1.165, 1.54) is 18.4 Å². The number of nitrogens with one attached hydrogen (secondary N) is 1. The highest BCUT2D eigenvalue weighted by Crippen LogP contribution is 2.31. The van der Waals surface area contributed by atoms with Crippen LogP contribution in [0.1, 0.15) is 50.2 Å². The van der Waals surface area contributed by atoms with Crippen LogP contribution < -0.4 is 14.4 Å². The Balaban J connectivity index is 1.90. The van der Waals surface area contributed by atoms with E-state index in [0.717, 1.165) is 47.4 Å². The van der Waals surface area contributed by atoms with Crippen LogP contribution >= 0.6 is 0 Å². The Bertz CT molecular complexity index is 1150.